The third-order valence-corrected chi connectivity index (χ3v) is 1.48. The average molecular weight is 166 g/mol. The van der Waals surface area contributed by atoms with E-state index >= 15 is 0 Å². The number of oxime groups is 1. The molecule has 0 aromatic carbocycles. The van der Waals surface area contributed by atoms with Gasteiger partial charge >= 0.3 is 0 Å². The minimum absolute atomic E-state index is 0.0949. The molecule has 1 N–H and O–H groups in total. The molecule has 0 radical (unpaired) electrons. The summed E-state index contributed by atoms with van der Waals surface area (Å²) in [7, 11) is 1.53. The molecule has 0 spiro atoms. The Hall–Kier alpha value is -0.280. The first-order chi connectivity index (χ1) is 4.63. The molecular formula is C6H12ClNO2. The molecule has 60 valence electrons. The lowest BCUT2D eigenvalue weighted by Gasteiger charge is -2.15. The molecule has 4 heteroatoms. The van der Waals surface area contributed by atoms with Gasteiger partial charge in [0.1, 0.15) is 6.10 Å². The van der Waals surface area contributed by atoms with Crippen LogP contribution in [-0.4, -0.2) is 23.6 Å². The van der Waals surface area contributed by atoms with E-state index in [4.69, 9.17) is 21.5 Å². The predicted octanol–water partition coefficient (Wildman–Crippen LogP) is 1.68. The van der Waals surface area contributed by atoms with Crippen molar-refractivity contribution in [2.45, 2.75) is 20.0 Å². The van der Waals surface area contributed by atoms with Crippen LogP contribution in [-0.2, 0) is 4.74 Å². The Morgan fingerprint density at radius 2 is 2.10 bits per heavy atom. The van der Waals surface area contributed by atoms with Gasteiger partial charge in [-0.05, 0) is 5.92 Å². The minimum Gasteiger partial charge on any atom is -0.410 e. The highest BCUT2D eigenvalue weighted by Crippen LogP contribution is 2.09. The number of hydrogen-bond acceptors (Lipinski definition) is 3. The summed E-state index contributed by atoms with van der Waals surface area (Å²) < 4.78 is 4.94. The van der Waals surface area contributed by atoms with Crippen molar-refractivity contribution in [3.05, 3.63) is 0 Å². The lowest BCUT2D eigenvalue weighted by molar-refractivity contribution is 0.117. The number of rotatable bonds is 3. The highest BCUT2D eigenvalue weighted by atomic mass is 35.5. The van der Waals surface area contributed by atoms with Crippen LogP contribution in [0.1, 0.15) is 13.8 Å². The van der Waals surface area contributed by atoms with E-state index in [9.17, 15) is 0 Å². The van der Waals surface area contributed by atoms with E-state index in [2.05, 4.69) is 5.16 Å². The van der Waals surface area contributed by atoms with Crippen molar-refractivity contribution in [3.63, 3.8) is 0 Å². The molecule has 0 saturated carbocycles. The molecular weight excluding hydrogens is 154 g/mol. The second-order valence-corrected chi connectivity index (χ2v) is 2.71. The van der Waals surface area contributed by atoms with E-state index < -0.39 is 0 Å². The SMILES string of the molecule is COC(/C(Cl)=N/O)C(C)C. The maximum atomic E-state index is 8.26. The largest absolute Gasteiger partial charge is 0.410 e. The quantitative estimate of drug-likeness (QED) is 0.393. The fourth-order valence-corrected chi connectivity index (χ4v) is 1.04. The molecule has 0 aromatic heterocycles. The zero-order valence-corrected chi connectivity index (χ0v) is 7.09. The molecule has 0 fully saturated rings. The first kappa shape index (κ1) is 9.72. The van der Waals surface area contributed by atoms with Crippen molar-refractivity contribution in [2.24, 2.45) is 11.1 Å². The summed E-state index contributed by atoms with van der Waals surface area (Å²) in [6.07, 6.45) is -0.299. The van der Waals surface area contributed by atoms with Crippen LogP contribution in [0.3, 0.4) is 0 Å². The van der Waals surface area contributed by atoms with Crippen molar-refractivity contribution >= 4 is 16.8 Å². The minimum atomic E-state index is -0.299. The van der Waals surface area contributed by atoms with E-state index in [0.29, 0.717) is 0 Å². The molecule has 1 unspecified atom stereocenters. The molecule has 10 heavy (non-hydrogen) atoms. The molecule has 0 saturated heterocycles. The highest BCUT2D eigenvalue weighted by Gasteiger charge is 2.17. The van der Waals surface area contributed by atoms with Gasteiger partial charge in [-0.25, -0.2) is 0 Å². The maximum absolute atomic E-state index is 8.26. The Morgan fingerprint density at radius 3 is 2.20 bits per heavy atom. The van der Waals surface area contributed by atoms with Crippen molar-refractivity contribution in [1.29, 1.82) is 0 Å². The molecule has 0 heterocycles. The molecule has 1 atom stereocenters. The van der Waals surface area contributed by atoms with Crippen molar-refractivity contribution < 1.29 is 9.94 Å². The standard InChI is InChI=1S/C6H12ClNO2/c1-4(2)5(10-3)6(7)8-9/h4-5,9H,1-3H3/b8-6-. The maximum Gasteiger partial charge on any atom is 0.174 e. The molecule has 0 aliphatic carbocycles. The number of methoxy groups -OCH3 is 1. The van der Waals surface area contributed by atoms with E-state index in [1.165, 1.54) is 7.11 Å². The van der Waals surface area contributed by atoms with Crippen molar-refractivity contribution in [2.75, 3.05) is 7.11 Å². The van der Waals surface area contributed by atoms with Gasteiger partial charge in [0.15, 0.2) is 5.17 Å². The van der Waals surface area contributed by atoms with Gasteiger partial charge in [0.25, 0.3) is 0 Å². The van der Waals surface area contributed by atoms with Crippen LogP contribution < -0.4 is 0 Å². The van der Waals surface area contributed by atoms with Crippen LogP contribution in [0.2, 0.25) is 0 Å². The van der Waals surface area contributed by atoms with Gasteiger partial charge in [-0.15, -0.1) is 0 Å². The third kappa shape index (κ3) is 2.54. The second kappa shape index (κ2) is 4.52. The summed E-state index contributed by atoms with van der Waals surface area (Å²) in [5.74, 6) is 0.216. The lowest BCUT2D eigenvalue weighted by atomic mass is 10.1. The Morgan fingerprint density at radius 1 is 1.60 bits per heavy atom. The first-order valence-electron chi connectivity index (χ1n) is 3.03. The Balaban J connectivity index is 4.07. The summed E-state index contributed by atoms with van der Waals surface area (Å²) in [6.45, 7) is 3.86. The number of hydrogen-bond donors (Lipinski definition) is 1. The number of ether oxygens (including phenoxy) is 1. The molecule has 0 rings (SSSR count). The van der Waals surface area contributed by atoms with Crippen LogP contribution in [0.5, 0.6) is 0 Å². The third-order valence-electron chi connectivity index (χ3n) is 1.19. The van der Waals surface area contributed by atoms with Gasteiger partial charge < -0.3 is 9.94 Å². The fraction of sp³-hybridized carbons (Fsp3) is 0.833. The zero-order valence-electron chi connectivity index (χ0n) is 6.34. The van der Waals surface area contributed by atoms with Crippen molar-refractivity contribution in [1.82, 2.24) is 0 Å². The highest BCUT2D eigenvalue weighted by molar-refractivity contribution is 6.66. The summed E-state index contributed by atoms with van der Waals surface area (Å²) in [5.41, 5.74) is 0. The van der Waals surface area contributed by atoms with Gasteiger partial charge in [0, 0.05) is 7.11 Å². The summed E-state index contributed by atoms with van der Waals surface area (Å²) in [6, 6.07) is 0. The Labute approximate surface area is 65.6 Å². The van der Waals surface area contributed by atoms with E-state index in [1.54, 1.807) is 0 Å². The monoisotopic (exact) mass is 165 g/mol. The van der Waals surface area contributed by atoms with Gasteiger partial charge in [-0.2, -0.15) is 0 Å². The van der Waals surface area contributed by atoms with Crippen LogP contribution in [0.25, 0.3) is 0 Å². The van der Waals surface area contributed by atoms with Crippen molar-refractivity contribution in [3.8, 4) is 0 Å². The molecule has 0 bridgehead atoms. The smallest absolute Gasteiger partial charge is 0.174 e. The van der Waals surface area contributed by atoms with Gasteiger partial charge in [-0.3, -0.25) is 0 Å². The van der Waals surface area contributed by atoms with Crippen LogP contribution in [0.4, 0.5) is 0 Å². The predicted molar refractivity (Wildman–Crippen MR) is 40.7 cm³/mol. The average Bonchev–Trinajstić information content (AvgIpc) is 1.88. The van der Waals surface area contributed by atoms with Crippen LogP contribution in [0.15, 0.2) is 5.16 Å². The van der Waals surface area contributed by atoms with E-state index in [1.807, 2.05) is 13.8 Å². The Kier molecular flexibility index (Phi) is 4.40. The summed E-state index contributed by atoms with van der Waals surface area (Å²) in [4.78, 5) is 0. The van der Waals surface area contributed by atoms with Crippen LogP contribution in [0, 0.1) is 5.92 Å². The molecule has 0 aliphatic heterocycles. The van der Waals surface area contributed by atoms with E-state index in [-0.39, 0.29) is 17.2 Å². The lowest BCUT2D eigenvalue weighted by Crippen LogP contribution is -2.24. The summed E-state index contributed by atoms with van der Waals surface area (Å²) >= 11 is 5.50. The van der Waals surface area contributed by atoms with Gasteiger partial charge in [-0.1, -0.05) is 30.6 Å². The molecule has 0 amide bonds. The molecule has 0 aliphatic rings. The van der Waals surface area contributed by atoms with E-state index in [0.717, 1.165) is 0 Å². The van der Waals surface area contributed by atoms with Gasteiger partial charge in [0.2, 0.25) is 0 Å². The summed E-state index contributed by atoms with van der Waals surface area (Å²) in [5, 5.41) is 11.2. The fourth-order valence-electron chi connectivity index (χ4n) is 0.701. The normalized spacial score (nSPS) is 15.9. The second-order valence-electron chi connectivity index (χ2n) is 2.32. The van der Waals surface area contributed by atoms with Gasteiger partial charge in [0.05, 0.1) is 0 Å². The molecule has 3 nitrogen and oxygen atoms in total. The first-order valence-corrected chi connectivity index (χ1v) is 3.41. The molecule has 0 aromatic rings. The zero-order chi connectivity index (χ0) is 8.15. The number of nitrogens with zero attached hydrogens (tertiary/aromatic N) is 1. The number of halogens is 1. The Bertz CT molecular complexity index is 125. The van der Waals surface area contributed by atoms with Crippen LogP contribution >= 0.6 is 11.6 Å². The topological polar surface area (TPSA) is 41.8 Å².